The van der Waals surface area contributed by atoms with Crippen molar-refractivity contribution in [3.8, 4) is 0 Å². The first-order chi connectivity index (χ1) is 8.50. The third kappa shape index (κ3) is 4.87. The summed E-state index contributed by atoms with van der Waals surface area (Å²) in [5.41, 5.74) is 0.438. The van der Waals surface area contributed by atoms with E-state index >= 15 is 0 Å². The van der Waals surface area contributed by atoms with Crippen molar-refractivity contribution in [2.45, 2.75) is 6.92 Å². The number of hydrogen-bond acceptors (Lipinski definition) is 5. The predicted octanol–water partition coefficient (Wildman–Crippen LogP) is 0.437. The third-order valence-corrected chi connectivity index (χ3v) is 5.60. The maximum Gasteiger partial charge on any atom is 0.335 e. The average Bonchev–Trinajstić information content (AvgIpc) is 2.16. The van der Waals surface area contributed by atoms with Crippen LogP contribution < -0.4 is 4.72 Å². The van der Waals surface area contributed by atoms with Crippen molar-refractivity contribution in [3.05, 3.63) is 29.3 Å². The molecular weight excluding hydrogens is 294 g/mol. The molecule has 0 radical (unpaired) electrons. The van der Waals surface area contributed by atoms with Gasteiger partial charge in [-0.2, -0.15) is 0 Å². The van der Waals surface area contributed by atoms with Crippen LogP contribution in [0.2, 0.25) is 0 Å². The lowest BCUT2D eigenvalue weighted by Gasteiger charge is -2.10. The van der Waals surface area contributed by atoms with E-state index in [1.54, 1.807) is 6.92 Å². The molecule has 0 aliphatic carbocycles. The molecule has 0 amide bonds. The summed E-state index contributed by atoms with van der Waals surface area (Å²) in [6, 6.07) is 3.89. The van der Waals surface area contributed by atoms with Crippen molar-refractivity contribution in [2.75, 3.05) is 16.1 Å². The highest BCUT2D eigenvalue weighted by molar-refractivity contribution is 8.08. The van der Waals surface area contributed by atoms with E-state index in [0.717, 1.165) is 12.3 Å². The quantitative estimate of drug-likeness (QED) is 0.815. The van der Waals surface area contributed by atoms with Crippen LogP contribution in [0, 0.1) is 6.92 Å². The number of rotatable bonds is 5. The van der Waals surface area contributed by atoms with E-state index < -0.39 is 30.9 Å². The van der Waals surface area contributed by atoms with Gasteiger partial charge in [0.05, 0.1) is 11.3 Å². The predicted molar refractivity (Wildman–Crippen MR) is 70.4 cm³/mol. The monoisotopic (exact) mass is 307 g/mol. The zero-order valence-electron chi connectivity index (χ0n) is 10.2. The number of hydrogen-bond donors (Lipinski definition) is 2. The molecule has 0 atom stereocenters. The van der Waals surface area contributed by atoms with E-state index in [1.807, 2.05) is 0 Å². The fourth-order valence-electron chi connectivity index (χ4n) is 1.34. The molecule has 0 spiro atoms. The Morgan fingerprint density at radius 1 is 1.26 bits per heavy atom. The summed E-state index contributed by atoms with van der Waals surface area (Å²) >= 11 is 0. The number of carboxylic acids is 1. The van der Waals surface area contributed by atoms with Gasteiger partial charge in [-0.25, -0.2) is 21.6 Å². The van der Waals surface area contributed by atoms with Crippen LogP contribution in [0.25, 0.3) is 0 Å². The second kappa shape index (κ2) is 5.17. The van der Waals surface area contributed by atoms with Crippen molar-refractivity contribution < 1.29 is 26.7 Å². The van der Waals surface area contributed by atoms with Crippen LogP contribution in [-0.2, 0) is 19.9 Å². The second-order valence-corrected chi connectivity index (χ2v) is 8.32. The summed E-state index contributed by atoms with van der Waals surface area (Å²) in [6.45, 7) is 1.57. The van der Waals surface area contributed by atoms with E-state index in [4.69, 9.17) is 5.11 Å². The van der Waals surface area contributed by atoms with Crippen molar-refractivity contribution in [1.29, 1.82) is 0 Å². The molecule has 0 aliphatic rings. The molecule has 1 aromatic rings. The minimum atomic E-state index is -4.09. The van der Waals surface area contributed by atoms with Crippen LogP contribution in [0.1, 0.15) is 15.9 Å². The van der Waals surface area contributed by atoms with Gasteiger partial charge in [-0.3, -0.25) is 4.72 Å². The van der Waals surface area contributed by atoms with Crippen LogP contribution in [0.4, 0.5) is 5.69 Å². The van der Waals surface area contributed by atoms with Crippen molar-refractivity contribution in [3.63, 3.8) is 0 Å². The number of carboxylic acid groups (broad SMARTS) is 1. The van der Waals surface area contributed by atoms with E-state index in [1.165, 1.54) is 12.1 Å². The molecule has 0 saturated carbocycles. The summed E-state index contributed by atoms with van der Waals surface area (Å²) in [6.07, 6.45) is 0.798. The van der Waals surface area contributed by atoms with Gasteiger partial charge in [0.1, 0.15) is 0 Å². The van der Waals surface area contributed by atoms with Crippen LogP contribution in [0.5, 0.6) is 0 Å². The smallest absolute Gasteiger partial charge is 0.335 e. The lowest BCUT2D eigenvalue weighted by atomic mass is 10.1. The molecule has 7 nitrogen and oxygen atoms in total. The molecule has 0 heterocycles. The molecule has 1 aromatic carbocycles. The lowest BCUT2D eigenvalue weighted by molar-refractivity contribution is 0.0697. The largest absolute Gasteiger partial charge is 0.478 e. The number of benzene rings is 1. The van der Waals surface area contributed by atoms with Gasteiger partial charge in [0.15, 0.2) is 14.9 Å². The first kappa shape index (κ1) is 15.4. The summed E-state index contributed by atoms with van der Waals surface area (Å²) < 4.78 is 47.3. The molecule has 106 valence electrons. The summed E-state index contributed by atoms with van der Waals surface area (Å²) in [5, 5.41) is 7.75. The molecule has 0 unspecified atom stereocenters. The van der Waals surface area contributed by atoms with Gasteiger partial charge >= 0.3 is 5.97 Å². The normalized spacial score (nSPS) is 12.1. The number of aryl methyl sites for hydroxylation is 1. The minimum absolute atomic E-state index is 0.0450. The van der Waals surface area contributed by atoms with Gasteiger partial charge in [0.25, 0.3) is 0 Å². The number of sulfonamides is 1. The maximum absolute atomic E-state index is 11.6. The number of aromatic carboxylic acids is 1. The van der Waals surface area contributed by atoms with E-state index in [-0.39, 0.29) is 11.3 Å². The van der Waals surface area contributed by atoms with Gasteiger partial charge < -0.3 is 5.11 Å². The number of carbonyl (C=O) groups is 1. The Balaban J connectivity index is 3.12. The number of sulfone groups is 1. The van der Waals surface area contributed by atoms with Crippen molar-refractivity contribution in [1.82, 2.24) is 0 Å². The average molecular weight is 307 g/mol. The molecule has 0 saturated heterocycles. The molecule has 0 aromatic heterocycles. The van der Waals surface area contributed by atoms with E-state index in [2.05, 4.69) is 4.72 Å². The highest BCUT2D eigenvalue weighted by Crippen LogP contribution is 2.18. The van der Waals surface area contributed by atoms with Crippen LogP contribution in [0.3, 0.4) is 0 Å². The molecular formula is C10H13NO6S2. The lowest BCUT2D eigenvalue weighted by Crippen LogP contribution is -2.22. The number of nitrogens with one attached hydrogen (secondary N) is 1. The second-order valence-electron chi connectivity index (χ2n) is 4.10. The molecule has 19 heavy (non-hydrogen) atoms. The Bertz CT molecular complexity index is 706. The van der Waals surface area contributed by atoms with Gasteiger partial charge in [-0.1, -0.05) is 6.07 Å². The molecule has 0 aliphatic heterocycles. The molecule has 9 heteroatoms. The molecule has 0 bridgehead atoms. The van der Waals surface area contributed by atoms with Gasteiger partial charge in [0, 0.05) is 6.26 Å². The SMILES string of the molecule is Cc1ccc(C(=O)O)cc1NS(=O)(=O)CS(C)(=O)=O. The maximum atomic E-state index is 11.6. The van der Waals surface area contributed by atoms with Crippen LogP contribution >= 0.6 is 0 Å². The fourth-order valence-corrected chi connectivity index (χ4v) is 4.39. The van der Waals surface area contributed by atoms with Gasteiger partial charge in [-0.15, -0.1) is 0 Å². The Morgan fingerprint density at radius 2 is 1.84 bits per heavy atom. The van der Waals surface area contributed by atoms with Crippen molar-refractivity contribution in [2.24, 2.45) is 0 Å². The third-order valence-electron chi connectivity index (χ3n) is 2.12. The highest BCUT2D eigenvalue weighted by atomic mass is 32.3. The zero-order chi connectivity index (χ0) is 14.8. The topological polar surface area (TPSA) is 118 Å². The van der Waals surface area contributed by atoms with Gasteiger partial charge in [-0.05, 0) is 24.6 Å². The fraction of sp³-hybridized carbons (Fsp3) is 0.300. The Labute approximate surface area is 111 Å². The molecule has 1 rings (SSSR count). The minimum Gasteiger partial charge on any atom is -0.478 e. The Morgan fingerprint density at radius 3 is 2.32 bits per heavy atom. The summed E-state index contributed by atoms with van der Waals surface area (Å²) in [7, 11) is -7.80. The summed E-state index contributed by atoms with van der Waals surface area (Å²) in [5.74, 6) is -1.21. The highest BCUT2D eigenvalue weighted by Gasteiger charge is 2.19. The van der Waals surface area contributed by atoms with Crippen molar-refractivity contribution >= 4 is 31.5 Å². The summed E-state index contributed by atoms with van der Waals surface area (Å²) in [4.78, 5) is 10.8. The molecule has 2 N–H and O–H groups in total. The van der Waals surface area contributed by atoms with Crippen LogP contribution in [-0.4, -0.2) is 39.3 Å². The number of anilines is 1. The zero-order valence-corrected chi connectivity index (χ0v) is 11.9. The standard InChI is InChI=1S/C10H13NO6S2/c1-7-3-4-8(10(12)13)5-9(7)11-19(16,17)6-18(2,14)15/h3-5,11H,6H2,1-2H3,(H,12,13). The first-order valence-electron chi connectivity index (χ1n) is 5.02. The first-order valence-corrected chi connectivity index (χ1v) is 8.73. The van der Waals surface area contributed by atoms with Crippen LogP contribution in [0.15, 0.2) is 18.2 Å². The molecule has 0 fully saturated rings. The van der Waals surface area contributed by atoms with E-state index in [9.17, 15) is 21.6 Å². The van der Waals surface area contributed by atoms with Gasteiger partial charge in [0.2, 0.25) is 10.0 Å². The van der Waals surface area contributed by atoms with E-state index in [0.29, 0.717) is 5.56 Å². The Kier molecular flexibility index (Phi) is 4.21. The Hall–Kier alpha value is -1.61.